The summed E-state index contributed by atoms with van der Waals surface area (Å²) in [6, 6.07) is 5.17. The molecule has 1 aliphatic carbocycles. The largest absolute Gasteiger partial charge is 0.478 e. The van der Waals surface area contributed by atoms with Crippen molar-refractivity contribution in [3.8, 4) is 0 Å². The highest BCUT2D eigenvalue weighted by Gasteiger charge is 2.28. The molecule has 100 valence electrons. The van der Waals surface area contributed by atoms with Gasteiger partial charge in [0.05, 0.1) is 5.56 Å². The molecule has 1 aromatic carbocycles. The van der Waals surface area contributed by atoms with Crippen LogP contribution in [-0.4, -0.2) is 29.7 Å². The predicted octanol–water partition coefficient (Wildman–Crippen LogP) is 2.01. The molecule has 0 bridgehead atoms. The van der Waals surface area contributed by atoms with Crippen molar-refractivity contribution in [3.05, 3.63) is 29.3 Å². The third-order valence-electron chi connectivity index (χ3n) is 3.91. The lowest BCUT2D eigenvalue weighted by atomic mass is 9.93. The van der Waals surface area contributed by atoms with Crippen LogP contribution in [0.25, 0.3) is 0 Å². The molecule has 0 unspecified atom stereocenters. The minimum absolute atomic E-state index is 0.106. The number of carbonyl (C=O) groups is 2. The normalized spacial score (nSPS) is 17.8. The van der Waals surface area contributed by atoms with Gasteiger partial charge in [-0.1, -0.05) is 6.07 Å². The zero-order chi connectivity index (χ0) is 13.4. The van der Waals surface area contributed by atoms with Crippen molar-refractivity contribution in [1.29, 1.82) is 0 Å². The lowest BCUT2D eigenvalue weighted by Gasteiger charge is -2.29. The smallest absolute Gasteiger partial charge is 0.335 e. The minimum Gasteiger partial charge on any atom is -0.478 e. The second kappa shape index (κ2) is 4.57. The van der Waals surface area contributed by atoms with Crippen molar-refractivity contribution in [1.82, 2.24) is 5.32 Å². The molecule has 2 N–H and O–H groups in total. The van der Waals surface area contributed by atoms with Crippen LogP contribution in [0.2, 0.25) is 0 Å². The van der Waals surface area contributed by atoms with E-state index in [9.17, 15) is 9.59 Å². The summed E-state index contributed by atoms with van der Waals surface area (Å²) in [5.41, 5.74) is 1.99. The standard InChI is InChI=1S/C14H16N2O3/c17-13(18)10-5-4-9-6-7-16(12(9)8-10)14(19)15-11-2-1-3-11/h4-5,8,11H,1-3,6-7H2,(H,15,19)(H,17,18). The lowest BCUT2D eigenvalue weighted by Crippen LogP contribution is -2.46. The number of anilines is 1. The number of hydrogen-bond donors (Lipinski definition) is 2. The molecule has 1 fully saturated rings. The number of carbonyl (C=O) groups excluding carboxylic acids is 1. The van der Waals surface area contributed by atoms with Gasteiger partial charge in [-0.2, -0.15) is 0 Å². The molecule has 2 aliphatic rings. The molecule has 1 aromatic rings. The molecular formula is C14H16N2O3. The van der Waals surface area contributed by atoms with Gasteiger partial charge in [-0.05, 0) is 43.4 Å². The fourth-order valence-corrected chi connectivity index (χ4v) is 2.53. The highest BCUT2D eigenvalue weighted by Crippen LogP contribution is 2.29. The summed E-state index contributed by atoms with van der Waals surface area (Å²) in [5, 5.41) is 12.0. The predicted molar refractivity (Wildman–Crippen MR) is 70.6 cm³/mol. The monoisotopic (exact) mass is 260 g/mol. The number of urea groups is 1. The molecule has 2 amide bonds. The molecule has 0 saturated heterocycles. The maximum Gasteiger partial charge on any atom is 0.335 e. The maximum atomic E-state index is 12.2. The Hall–Kier alpha value is -2.04. The summed E-state index contributed by atoms with van der Waals surface area (Å²) in [6.45, 7) is 0.622. The average Bonchev–Trinajstić information content (AvgIpc) is 2.76. The van der Waals surface area contributed by atoms with Gasteiger partial charge < -0.3 is 10.4 Å². The minimum atomic E-state index is -0.964. The topological polar surface area (TPSA) is 69.6 Å². The summed E-state index contributed by atoms with van der Waals surface area (Å²) >= 11 is 0. The van der Waals surface area contributed by atoms with Crippen LogP contribution < -0.4 is 10.2 Å². The van der Waals surface area contributed by atoms with Gasteiger partial charge in [0.1, 0.15) is 0 Å². The van der Waals surface area contributed by atoms with Crippen LogP contribution in [0.4, 0.5) is 10.5 Å². The summed E-state index contributed by atoms with van der Waals surface area (Å²) in [7, 11) is 0. The highest BCUT2D eigenvalue weighted by atomic mass is 16.4. The quantitative estimate of drug-likeness (QED) is 0.854. The third-order valence-corrected chi connectivity index (χ3v) is 3.91. The van der Waals surface area contributed by atoms with E-state index in [1.807, 2.05) is 0 Å². The number of nitrogens with one attached hydrogen (secondary N) is 1. The third kappa shape index (κ3) is 2.16. The summed E-state index contributed by atoms with van der Waals surface area (Å²) in [5.74, 6) is -0.964. The van der Waals surface area contributed by atoms with Gasteiger partial charge in [0, 0.05) is 18.3 Å². The molecule has 0 atom stereocenters. The molecule has 0 spiro atoms. The number of aromatic carboxylic acids is 1. The number of fused-ring (bicyclic) bond motifs is 1. The number of benzene rings is 1. The van der Waals surface area contributed by atoms with Crippen molar-refractivity contribution >= 4 is 17.7 Å². The van der Waals surface area contributed by atoms with Gasteiger partial charge in [-0.3, -0.25) is 4.90 Å². The Labute approximate surface area is 111 Å². The fourth-order valence-electron chi connectivity index (χ4n) is 2.53. The Morgan fingerprint density at radius 1 is 1.32 bits per heavy atom. The van der Waals surface area contributed by atoms with Crippen LogP contribution in [0.3, 0.4) is 0 Å². The number of nitrogens with zero attached hydrogens (tertiary/aromatic N) is 1. The fraction of sp³-hybridized carbons (Fsp3) is 0.429. The molecule has 0 aromatic heterocycles. The van der Waals surface area contributed by atoms with Crippen LogP contribution in [0.15, 0.2) is 18.2 Å². The summed E-state index contributed by atoms with van der Waals surface area (Å²) in [4.78, 5) is 24.8. The zero-order valence-electron chi connectivity index (χ0n) is 10.6. The Bertz CT molecular complexity index is 537. The Balaban J connectivity index is 1.81. The number of carboxylic acid groups (broad SMARTS) is 1. The first-order chi connectivity index (χ1) is 9.15. The van der Waals surface area contributed by atoms with Gasteiger partial charge in [0.25, 0.3) is 0 Å². The second-order valence-electron chi connectivity index (χ2n) is 5.13. The van der Waals surface area contributed by atoms with E-state index in [0.717, 1.165) is 30.5 Å². The van der Waals surface area contributed by atoms with Crippen LogP contribution in [-0.2, 0) is 6.42 Å². The van der Waals surface area contributed by atoms with E-state index in [-0.39, 0.29) is 11.6 Å². The van der Waals surface area contributed by atoms with Crippen molar-refractivity contribution in [2.24, 2.45) is 0 Å². The Kier molecular flexibility index (Phi) is 2.89. The molecule has 1 heterocycles. The van der Waals surface area contributed by atoms with E-state index in [4.69, 9.17) is 5.11 Å². The van der Waals surface area contributed by atoms with Gasteiger partial charge >= 0.3 is 12.0 Å². The highest BCUT2D eigenvalue weighted by molar-refractivity contribution is 5.97. The zero-order valence-corrected chi connectivity index (χ0v) is 10.6. The van der Waals surface area contributed by atoms with Crippen LogP contribution >= 0.6 is 0 Å². The molecule has 1 saturated carbocycles. The first-order valence-electron chi connectivity index (χ1n) is 6.59. The van der Waals surface area contributed by atoms with Crippen LogP contribution in [0.1, 0.15) is 35.2 Å². The van der Waals surface area contributed by atoms with Gasteiger partial charge in [-0.15, -0.1) is 0 Å². The van der Waals surface area contributed by atoms with E-state index >= 15 is 0 Å². The van der Waals surface area contributed by atoms with Crippen molar-refractivity contribution < 1.29 is 14.7 Å². The molecule has 1 aliphatic heterocycles. The van der Waals surface area contributed by atoms with E-state index < -0.39 is 5.97 Å². The Morgan fingerprint density at radius 2 is 2.11 bits per heavy atom. The molecule has 5 nitrogen and oxygen atoms in total. The lowest BCUT2D eigenvalue weighted by molar-refractivity contribution is 0.0697. The summed E-state index contributed by atoms with van der Waals surface area (Å²) < 4.78 is 0. The molecule has 19 heavy (non-hydrogen) atoms. The van der Waals surface area contributed by atoms with E-state index in [1.165, 1.54) is 6.42 Å². The molecule has 0 radical (unpaired) electrons. The van der Waals surface area contributed by atoms with Crippen LogP contribution in [0, 0.1) is 0 Å². The first-order valence-corrected chi connectivity index (χ1v) is 6.59. The van der Waals surface area contributed by atoms with Crippen molar-refractivity contribution in [2.75, 3.05) is 11.4 Å². The van der Waals surface area contributed by atoms with Gasteiger partial charge in [0.15, 0.2) is 0 Å². The summed E-state index contributed by atoms with van der Waals surface area (Å²) in [6.07, 6.45) is 4.04. The van der Waals surface area contributed by atoms with Gasteiger partial charge in [-0.25, -0.2) is 9.59 Å². The number of carboxylic acids is 1. The SMILES string of the molecule is O=C(O)c1ccc2c(c1)N(C(=O)NC1CCC1)CC2. The van der Waals surface area contributed by atoms with E-state index in [2.05, 4.69) is 5.32 Å². The van der Waals surface area contributed by atoms with Crippen molar-refractivity contribution in [3.63, 3.8) is 0 Å². The average molecular weight is 260 g/mol. The van der Waals surface area contributed by atoms with Crippen LogP contribution in [0.5, 0.6) is 0 Å². The molecule has 3 rings (SSSR count). The maximum absolute atomic E-state index is 12.2. The Morgan fingerprint density at radius 3 is 2.74 bits per heavy atom. The molecular weight excluding hydrogens is 244 g/mol. The van der Waals surface area contributed by atoms with Crippen molar-refractivity contribution in [2.45, 2.75) is 31.7 Å². The number of hydrogen-bond acceptors (Lipinski definition) is 2. The van der Waals surface area contributed by atoms with E-state index in [1.54, 1.807) is 23.1 Å². The second-order valence-corrected chi connectivity index (χ2v) is 5.13. The number of amides is 2. The van der Waals surface area contributed by atoms with E-state index in [0.29, 0.717) is 12.6 Å². The molecule has 5 heteroatoms. The van der Waals surface area contributed by atoms with Gasteiger partial charge in [0.2, 0.25) is 0 Å². The first kappa shape index (κ1) is 12.0. The number of rotatable bonds is 2.